The zero-order valence-corrected chi connectivity index (χ0v) is 11.2. The summed E-state index contributed by atoms with van der Waals surface area (Å²) in [5.74, 6) is 0. The third-order valence-electron chi connectivity index (χ3n) is 3.73. The zero-order valence-electron chi connectivity index (χ0n) is 11.2. The Morgan fingerprint density at radius 1 is 1.35 bits per heavy atom. The van der Waals surface area contributed by atoms with Crippen LogP contribution in [0.3, 0.4) is 0 Å². The Labute approximate surface area is 105 Å². The highest BCUT2D eigenvalue weighted by Crippen LogP contribution is 2.30. The van der Waals surface area contributed by atoms with Crippen LogP contribution in [-0.4, -0.2) is 23.0 Å². The van der Waals surface area contributed by atoms with E-state index in [1.165, 1.54) is 50.8 Å². The van der Waals surface area contributed by atoms with Gasteiger partial charge in [0.15, 0.2) is 0 Å². The summed E-state index contributed by atoms with van der Waals surface area (Å²) in [5.41, 5.74) is 2.52. The molecule has 1 aliphatic rings. The first-order valence-electron chi connectivity index (χ1n) is 6.98. The van der Waals surface area contributed by atoms with Crippen LogP contribution in [0.1, 0.15) is 56.3 Å². The zero-order chi connectivity index (χ0) is 12.1. The summed E-state index contributed by atoms with van der Waals surface area (Å²) >= 11 is 0. The van der Waals surface area contributed by atoms with Crippen molar-refractivity contribution < 1.29 is 0 Å². The summed E-state index contributed by atoms with van der Waals surface area (Å²) in [6.45, 7) is 6.83. The van der Waals surface area contributed by atoms with E-state index >= 15 is 0 Å². The molecule has 0 N–H and O–H groups in total. The molecule has 0 bridgehead atoms. The van der Waals surface area contributed by atoms with Gasteiger partial charge in [-0.3, -0.25) is 9.88 Å². The molecule has 1 aromatic rings. The van der Waals surface area contributed by atoms with Crippen LogP contribution < -0.4 is 0 Å². The number of hydrogen-bond donors (Lipinski definition) is 0. The molecule has 1 fully saturated rings. The molecule has 1 aliphatic heterocycles. The average Bonchev–Trinajstić information content (AvgIpc) is 2.38. The van der Waals surface area contributed by atoms with Gasteiger partial charge in [0.25, 0.3) is 0 Å². The lowest BCUT2D eigenvalue weighted by atomic mass is 9.96. The fourth-order valence-corrected chi connectivity index (χ4v) is 2.67. The van der Waals surface area contributed by atoms with E-state index in [1.54, 1.807) is 0 Å². The quantitative estimate of drug-likeness (QED) is 0.786. The van der Waals surface area contributed by atoms with Gasteiger partial charge in [-0.15, -0.1) is 0 Å². The van der Waals surface area contributed by atoms with Crippen molar-refractivity contribution in [2.24, 2.45) is 0 Å². The van der Waals surface area contributed by atoms with Crippen molar-refractivity contribution in [1.82, 2.24) is 9.88 Å². The molecule has 2 nitrogen and oxygen atoms in total. The molecule has 17 heavy (non-hydrogen) atoms. The molecule has 2 rings (SSSR count). The van der Waals surface area contributed by atoms with Crippen molar-refractivity contribution in [3.8, 4) is 0 Å². The summed E-state index contributed by atoms with van der Waals surface area (Å²) in [7, 11) is 0. The van der Waals surface area contributed by atoms with Crippen LogP contribution in [0.25, 0.3) is 0 Å². The second-order valence-electron chi connectivity index (χ2n) is 5.13. The maximum Gasteiger partial charge on any atom is 0.0372 e. The Morgan fingerprint density at radius 3 is 2.94 bits per heavy atom. The van der Waals surface area contributed by atoms with E-state index in [0.29, 0.717) is 6.04 Å². The van der Waals surface area contributed by atoms with Crippen LogP contribution >= 0.6 is 0 Å². The molecular weight excluding hydrogens is 208 g/mol. The normalized spacial score (nSPS) is 21.6. The van der Waals surface area contributed by atoms with Gasteiger partial charge < -0.3 is 0 Å². The maximum absolute atomic E-state index is 4.44. The van der Waals surface area contributed by atoms with E-state index in [-0.39, 0.29) is 0 Å². The van der Waals surface area contributed by atoms with Crippen LogP contribution in [0.5, 0.6) is 0 Å². The van der Waals surface area contributed by atoms with E-state index in [2.05, 4.69) is 42.1 Å². The van der Waals surface area contributed by atoms with Crippen molar-refractivity contribution in [2.45, 2.75) is 52.0 Å². The fraction of sp³-hybridized carbons (Fsp3) is 0.667. The Bertz CT molecular complexity index is 331. The van der Waals surface area contributed by atoms with Gasteiger partial charge in [0, 0.05) is 17.9 Å². The number of nitrogens with zero attached hydrogens (tertiary/aromatic N) is 2. The van der Waals surface area contributed by atoms with Gasteiger partial charge in [-0.1, -0.05) is 25.8 Å². The smallest absolute Gasteiger partial charge is 0.0372 e. The highest BCUT2D eigenvalue weighted by molar-refractivity contribution is 5.17. The Kier molecular flexibility index (Phi) is 4.55. The summed E-state index contributed by atoms with van der Waals surface area (Å²) in [6.07, 6.45) is 8.70. The molecular formula is C15H24N2. The predicted octanol–water partition coefficient (Wildman–Crippen LogP) is 3.72. The Morgan fingerprint density at radius 2 is 2.24 bits per heavy atom. The minimum absolute atomic E-state index is 0.614. The number of likely N-dealkylation sites (tertiary alicyclic amines) is 1. The number of pyridine rings is 1. The largest absolute Gasteiger partial charge is 0.296 e. The Hall–Kier alpha value is -0.890. The van der Waals surface area contributed by atoms with E-state index in [1.807, 2.05) is 0 Å². The van der Waals surface area contributed by atoms with Crippen LogP contribution in [-0.2, 0) is 0 Å². The van der Waals surface area contributed by atoms with Crippen molar-refractivity contribution >= 4 is 0 Å². The van der Waals surface area contributed by atoms with Crippen molar-refractivity contribution in [1.29, 1.82) is 0 Å². The van der Waals surface area contributed by atoms with Crippen LogP contribution in [0.15, 0.2) is 18.3 Å². The molecule has 94 valence electrons. The van der Waals surface area contributed by atoms with Crippen molar-refractivity contribution in [3.63, 3.8) is 0 Å². The number of piperidine rings is 1. The van der Waals surface area contributed by atoms with Crippen LogP contribution in [0.2, 0.25) is 0 Å². The second-order valence-corrected chi connectivity index (χ2v) is 5.13. The number of unbranched alkanes of at least 4 members (excludes halogenated alkanes) is 1. The SMILES string of the molecule is CCCCN1CCCC[C@@H]1c1ccc(C)nc1. The molecule has 1 atom stereocenters. The number of rotatable bonds is 4. The summed E-state index contributed by atoms with van der Waals surface area (Å²) in [4.78, 5) is 7.09. The fourth-order valence-electron chi connectivity index (χ4n) is 2.67. The highest BCUT2D eigenvalue weighted by Gasteiger charge is 2.23. The first kappa shape index (κ1) is 12.6. The van der Waals surface area contributed by atoms with E-state index in [4.69, 9.17) is 0 Å². The van der Waals surface area contributed by atoms with Gasteiger partial charge in [0.05, 0.1) is 0 Å². The molecule has 2 heteroatoms. The van der Waals surface area contributed by atoms with Crippen molar-refractivity contribution in [2.75, 3.05) is 13.1 Å². The monoisotopic (exact) mass is 232 g/mol. The molecule has 0 radical (unpaired) electrons. The summed E-state index contributed by atoms with van der Waals surface area (Å²) < 4.78 is 0. The van der Waals surface area contributed by atoms with Gasteiger partial charge in [0.1, 0.15) is 0 Å². The van der Waals surface area contributed by atoms with E-state index in [9.17, 15) is 0 Å². The lowest BCUT2D eigenvalue weighted by Gasteiger charge is -2.35. The Balaban J connectivity index is 2.07. The second kappa shape index (κ2) is 6.15. The number of aryl methyl sites for hydroxylation is 1. The van der Waals surface area contributed by atoms with Gasteiger partial charge >= 0.3 is 0 Å². The molecule has 0 amide bonds. The van der Waals surface area contributed by atoms with E-state index in [0.717, 1.165) is 5.69 Å². The van der Waals surface area contributed by atoms with Gasteiger partial charge in [-0.25, -0.2) is 0 Å². The molecule has 0 saturated carbocycles. The number of hydrogen-bond acceptors (Lipinski definition) is 2. The molecule has 1 saturated heterocycles. The average molecular weight is 232 g/mol. The molecule has 0 aliphatic carbocycles. The molecule has 0 spiro atoms. The molecule has 0 unspecified atom stereocenters. The summed E-state index contributed by atoms with van der Waals surface area (Å²) in [6, 6.07) is 5.02. The number of aromatic nitrogens is 1. The standard InChI is InChI=1S/C15H24N2/c1-3-4-10-17-11-6-5-7-15(17)14-9-8-13(2)16-12-14/h8-9,12,15H,3-7,10-11H2,1-2H3/t15-/m1/s1. The first-order chi connectivity index (χ1) is 8.31. The first-order valence-corrected chi connectivity index (χ1v) is 6.98. The third-order valence-corrected chi connectivity index (χ3v) is 3.73. The van der Waals surface area contributed by atoms with Crippen LogP contribution in [0, 0.1) is 6.92 Å². The minimum atomic E-state index is 0.614. The maximum atomic E-state index is 4.44. The molecule has 0 aromatic carbocycles. The topological polar surface area (TPSA) is 16.1 Å². The van der Waals surface area contributed by atoms with E-state index < -0.39 is 0 Å². The summed E-state index contributed by atoms with van der Waals surface area (Å²) in [5, 5.41) is 0. The van der Waals surface area contributed by atoms with Crippen LogP contribution in [0.4, 0.5) is 0 Å². The van der Waals surface area contributed by atoms with Gasteiger partial charge in [0.2, 0.25) is 0 Å². The predicted molar refractivity (Wildman–Crippen MR) is 72.0 cm³/mol. The minimum Gasteiger partial charge on any atom is -0.296 e. The highest BCUT2D eigenvalue weighted by atomic mass is 15.2. The third kappa shape index (κ3) is 3.29. The molecule has 2 heterocycles. The lowest BCUT2D eigenvalue weighted by Crippen LogP contribution is -2.34. The van der Waals surface area contributed by atoms with Crippen molar-refractivity contribution in [3.05, 3.63) is 29.6 Å². The lowest BCUT2D eigenvalue weighted by molar-refractivity contribution is 0.146. The van der Waals surface area contributed by atoms with Gasteiger partial charge in [-0.2, -0.15) is 0 Å². The van der Waals surface area contributed by atoms with Gasteiger partial charge in [-0.05, 0) is 50.9 Å². The molecule has 1 aromatic heterocycles.